The van der Waals surface area contributed by atoms with Crippen LogP contribution < -0.4 is 16.4 Å². The molecule has 1 aromatic carbocycles. The van der Waals surface area contributed by atoms with E-state index in [2.05, 4.69) is 10.6 Å². The molecule has 0 aliphatic carbocycles. The summed E-state index contributed by atoms with van der Waals surface area (Å²) in [6.07, 6.45) is 0.322. The maximum atomic E-state index is 13.3. The fraction of sp³-hybridized carbons (Fsp3) is 0.500. The lowest BCUT2D eigenvalue weighted by molar-refractivity contribution is -0.143. The number of primary amides is 1. The highest BCUT2D eigenvalue weighted by Gasteiger charge is 2.70. The van der Waals surface area contributed by atoms with E-state index in [-0.39, 0.29) is 37.8 Å². The van der Waals surface area contributed by atoms with Gasteiger partial charge in [-0.15, -0.1) is 0 Å². The third kappa shape index (κ3) is 2.68. The van der Waals surface area contributed by atoms with Crippen LogP contribution in [0.15, 0.2) is 18.2 Å². The Kier molecular flexibility index (Phi) is 4.66. The average molecular weight is 400 g/mol. The molecule has 0 saturated carbocycles. The van der Waals surface area contributed by atoms with Crippen molar-refractivity contribution < 1.29 is 23.9 Å². The lowest BCUT2D eigenvalue weighted by atomic mass is 9.76. The molecule has 1 aromatic rings. The second-order valence-electron chi connectivity index (χ2n) is 7.84. The number of ether oxygens (including phenoxy) is 1. The first-order valence-corrected chi connectivity index (χ1v) is 9.64. The second-order valence-corrected chi connectivity index (χ2v) is 7.84. The number of amides is 4. The van der Waals surface area contributed by atoms with E-state index >= 15 is 0 Å². The summed E-state index contributed by atoms with van der Waals surface area (Å²) in [4.78, 5) is 52.2. The van der Waals surface area contributed by atoms with Crippen molar-refractivity contribution in [1.29, 1.82) is 0 Å². The number of nitrogens with zero attached hydrogens (tertiary/aromatic N) is 1. The van der Waals surface area contributed by atoms with E-state index in [1.807, 2.05) is 19.1 Å². The molecule has 1 spiro atoms. The zero-order valence-corrected chi connectivity index (χ0v) is 16.4. The Bertz CT molecular complexity index is 916. The molecular weight excluding hydrogens is 376 g/mol. The Morgan fingerprint density at radius 2 is 2.03 bits per heavy atom. The topological polar surface area (TPSA) is 131 Å². The molecule has 3 heterocycles. The summed E-state index contributed by atoms with van der Waals surface area (Å²) in [5, 5.41) is 6.17. The number of carbonyl (C=O) groups excluding carboxylic acids is 4. The molecule has 0 bridgehead atoms. The normalized spacial score (nSPS) is 30.1. The Balaban J connectivity index is 1.81. The van der Waals surface area contributed by atoms with Crippen molar-refractivity contribution in [2.24, 2.45) is 17.6 Å². The van der Waals surface area contributed by atoms with Crippen LogP contribution in [0.2, 0.25) is 0 Å². The maximum absolute atomic E-state index is 13.3. The van der Waals surface area contributed by atoms with Crippen molar-refractivity contribution in [2.45, 2.75) is 31.3 Å². The number of carbonyl (C=O) groups is 4. The van der Waals surface area contributed by atoms with Gasteiger partial charge in [-0.2, -0.15) is 0 Å². The summed E-state index contributed by atoms with van der Waals surface area (Å²) in [6, 6.07) is 4.99. The highest BCUT2D eigenvalue weighted by atomic mass is 16.5. The Hall–Kier alpha value is -2.78. The fourth-order valence-corrected chi connectivity index (χ4v) is 4.98. The summed E-state index contributed by atoms with van der Waals surface area (Å²) in [5.41, 5.74) is 6.16. The first kappa shape index (κ1) is 19.5. The zero-order valence-electron chi connectivity index (χ0n) is 16.4. The SMILES string of the molecule is COCCN1C(=O)[C@@H]2[C@@H](CCC(N)=O)N[C@]3(C(=O)Nc4c(C)cccc43)[C@H]2C1=O. The number of hydrogen-bond acceptors (Lipinski definition) is 6. The van der Waals surface area contributed by atoms with Crippen LogP contribution >= 0.6 is 0 Å². The molecule has 0 radical (unpaired) electrons. The van der Waals surface area contributed by atoms with Gasteiger partial charge in [0.1, 0.15) is 5.54 Å². The Labute approximate surface area is 167 Å². The van der Waals surface area contributed by atoms with Gasteiger partial charge in [-0.1, -0.05) is 18.2 Å². The molecular formula is C20H24N4O5. The molecule has 3 aliphatic heterocycles. The molecule has 9 nitrogen and oxygen atoms in total. The van der Waals surface area contributed by atoms with Gasteiger partial charge >= 0.3 is 0 Å². The molecule has 2 saturated heterocycles. The van der Waals surface area contributed by atoms with Crippen molar-refractivity contribution in [3.8, 4) is 0 Å². The van der Waals surface area contributed by atoms with E-state index in [1.165, 1.54) is 12.0 Å². The van der Waals surface area contributed by atoms with Crippen LogP contribution in [-0.4, -0.2) is 54.8 Å². The van der Waals surface area contributed by atoms with Gasteiger partial charge in [-0.3, -0.25) is 29.4 Å². The van der Waals surface area contributed by atoms with E-state index in [0.29, 0.717) is 11.3 Å². The summed E-state index contributed by atoms with van der Waals surface area (Å²) < 4.78 is 5.04. The number of rotatable bonds is 6. The monoisotopic (exact) mass is 400 g/mol. The van der Waals surface area contributed by atoms with Gasteiger partial charge in [0.15, 0.2) is 0 Å². The third-order valence-electron chi connectivity index (χ3n) is 6.27. The molecule has 4 amide bonds. The number of imide groups is 1. The number of methoxy groups -OCH3 is 1. The predicted molar refractivity (Wildman–Crippen MR) is 102 cm³/mol. The highest BCUT2D eigenvalue weighted by Crippen LogP contribution is 2.53. The smallest absolute Gasteiger partial charge is 0.250 e. The molecule has 0 aromatic heterocycles. The van der Waals surface area contributed by atoms with Crippen LogP contribution in [0.3, 0.4) is 0 Å². The van der Waals surface area contributed by atoms with Gasteiger partial charge < -0.3 is 15.8 Å². The quantitative estimate of drug-likeness (QED) is 0.559. The van der Waals surface area contributed by atoms with E-state index in [1.54, 1.807) is 6.07 Å². The lowest BCUT2D eigenvalue weighted by Crippen LogP contribution is -2.53. The van der Waals surface area contributed by atoms with Crippen LogP contribution in [0, 0.1) is 18.8 Å². The number of aryl methyl sites for hydroxylation is 1. The molecule has 0 unspecified atom stereocenters. The number of fused-ring (bicyclic) bond motifs is 4. The summed E-state index contributed by atoms with van der Waals surface area (Å²) >= 11 is 0. The standard InChI is InChI=1S/C20H24N4O5/c1-10-4-3-5-11-16(10)22-19(28)20(11)15-14(12(23-20)6-7-13(21)25)17(26)24(18(15)27)8-9-29-2/h3-5,12,14-15,23H,6-9H2,1-2H3,(H2,21,25)(H,22,28)/t12-,14-,15-,20+/m1/s1. The average Bonchev–Trinajstić information content (AvgIpc) is 3.25. The molecule has 4 rings (SSSR count). The zero-order chi connectivity index (χ0) is 20.9. The van der Waals surface area contributed by atoms with Crippen molar-refractivity contribution in [1.82, 2.24) is 10.2 Å². The maximum Gasteiger partial charge on any atom is 0.250 e. The molecule has 2 fully saturated rings. The summed E-state index contributed by atoms with van der Waals surface area (Å²) in [6.45, 7) is 2.22. The Morgan fingerprint density at radius 3 is 2.72 bits per heavy atom. The molecule has 4 atom stereocenters. The van der Waals surface area contributed by atoms with Crippen molar-refractivity contribution in [3.63, 3.8) is 0 Å². The van der Waals surface area contributed by atoms with Gasteiger partial charge in [0.2, 0.25) is 23.6 Å². The van der Waals surface area contributed by atoms with Crippen LogP contribution in [0.5, 0.6) is 0 Å². The van der Waals surface area contributed by atoms with Gasteiger partial charge in [0, 0.05) is 30.8 Å². The number of likely N-dealkylation sites (tertiary alicyclic amines) is 1. The predicted octanol–water partition coefficient (Wildman–Crippen LogP) is -0.373. The first-order valence-electron chi connectivity index (χ1n) is 9.64. The highest BCUT2D eigenvalue weighted by molar-refractivity contribution is 6.15. The van der Waals surface area contributed by atoms with E-state index in [4.69, 9.17) is 10.5 Å². The number of para-hydroxylation sites is 1. The summed E-state index contributed by atoms with van der Waals surface area (Å²) in [7, 11) is 1.49. The van der Waals surface area contributed by atoms with Crippen molar-refractivity contribution in [3.05, 3.63) is 29.3 Å². The molecule has 154 valence electrons. The van der Waals surface area contributed by atoms with E-state index < -0.39 is 35.2 Å². The number of hydrogen-bond donors (Lipinski definition) is 3. The third-order valence-corrected chi connectivity index (χ3v) is 6.27. The molecule has 9 heteroatoms. The number of nitrogens with two attached hydrogens (primary N) is 1. The number of anilines is 1. The van der Waals surface area contributed by atoms with Gasteiger partial charge in [0.05, 0.1) is 25.0 Å². The van der Waals surface area contributed by atoms with Crippen LogP contribution in [0.1, 0.15) is 24.0 Å². The second kappa shape index (κ2) is 6.93. The fourth-order valence-electron chi connectivity index (χ4n) is 4.98. The number of benzene rings is 1. The number of nitrogens with one attached hydrogen (secondary N) is 2. The Morgan fingerprint density at radius 1 is 1.28 bits per heavy atom. The van der Waals surface area contributed by atoms with Crippen LogP contribution in [-0.2, 0) is 29.5 Å². The largest absolute Gasteiger partial charge is 0.383 e. The van der Waals surface area contributed by atoms with Crippen LogP contribution in [0.25, 0.3) is 0 Å². The molecule has 3 aliphatic rings. The lowest BCUT2D eigenvalue weighted by Gasteiger charge is -2.29. The minimum atomic E-state index is -1.34. The van der Waals surface area contributed by atoms with Crippen LogP contribution in [0.4, 0.5) is 5.69 Å². The minimum Gasteiger partial charge on any atom is -0.383 e. The van der Waals surface area contributed by atoms with Gasteiger partial charge in [0.25, 0.3) is 0 Å². The summed E-state index contributed by atoms with van der Waals surface area (Å²) in [5.74, 6) is -3.21. The van der Waals surface area contributed by atoms with Crippen molar-refractivity contribution in [2.75, 3.05) is 25.6 Å². The van der Waals surface area contributed by atoms with E-state index in [0.717, 1.165) is 5.56 Å². The minimum absolute atomic E-state index is 0.0544. The first-order chi connectivity index (χ1) is 13.8. The molecule has 4 N–H and O–H groups in total. The van der Waals surface area contributed by atoms with Gasteiger partial charge in [-0.25, -0.2) is 0 Å². The van der Waals surface area contributed by atoms with Crippen molar-refractivity contribution >= 4 is 29.3 Å². The molecule has 29 heavy (non-hydrogen) atoms. The van der Waals surface area contributed by atoms with Gasteiger partial charge in [-0.05, 0) is 18.9 Å². The van der Waals surface area contributed by atoms with E-state index in [9.17, 15) is 19.2 Å².